The number of aryl methyl sites for hydroxylation is 2. The van der Waals surface area contributed by atoms with E-state index in [0.717, 1.165) is 11.3 Å². The largest absolute Gasteiger partial charge is 0.299 e. The molecule has 3 nitrogen and oxygen atoms in total. The van der Waals surface area contributed by atoms with Crippen molar-refractivity contribution in [2.75, 3.05) is 4.72 Å². The molecule has 0 aliphatic carbocycles. The molecule has 6 heteroatoms. The van der Waals surface area contributed by atoms with E-state index >= 15 is 0 Å². The van der Waals surface area contributed by atoms with Gasteiger partial charge in [0, 0.05) is 11.2 Å². The third-order valence-electron chi connectivity index (χ3n) is 2.60. The van der Waals surface area contributed by atoms with Crippen LogP contribution >= 0.6 is 23.2 Å². The predicted molar refractivity (Wildman–Crippen MR) is 80.2 cm³/mol. The Morgan fingerprint density at radius 3 is 2.63 bits per heavy atom. The van der Waals surface area contributed by atoms with Crippen LogP contribution in [-0.2, 0) is 11.0 Å². The summed E-state index contributed by atoms with van der Waals surface area (Å²) < 4.78 is 15.1. The van der Waals surface area contributed by atoms with Crippen LogP contribution in [0.15, 0.2) is 35.4 Å². The van der Waals surface area contributed by atoms with Gasteiger partial charge in [0.25, 0.3) is 0 Å². The second-order valence-electron chi connectivity index (χ2n) is 4.07. The molecule has 0 fully saturated rings. The standard InChI is InChI=1S/C13H12Cl2N2OS/c1-8-5-11(3-4-12(8)15)19(18)17-13-6-10(14)7-16-9(13)2/h3-7,17H,1-2H3. The van der Waals surface area contributed by atoms with Gasteiger partial charge in [-0.25, -0.2) is 4.21 Å². The van der Waals surface area contributed by atoms with Crippen LogP contribution in [0.2, 0.25) is 10.0 Å². The molecule has 1 N–H and O–H groups in total. The average Bonchev–Trinajstić information content (AvgIpc) is 2.37. The smallest absolute Gasteiger partial charge is 0.150 e. The summed E-state index contributed by atoms with van der Waals surface area (Å²) in [7, 11) is -1.38. The van der Waals surface area contributed by atoms with E-state index in [-0.39, 0.29) is 0 Å². The van der Waals surface area contributed by atoms with Crippen LogP contribution in [0, 0.1) is 13.8 Å². The number of halogens is 2. The van der Waals surface area contributed by atoms with Crippen molar-refractivity contribution in [1.29, 1.82) is 0 Å². The lowest BCUT2D eigenvalue weighted by Crippen LogP contribution is -2.07. The van der Waals surface area contributed by atoms with Gasteiger partial charge in [0.15, 0.2) is 0 Å². The van der Waals surface area contributed by atoms with Crippen LogP contribution in [0.25, 0.3) is 0 Å². The Kier molecular flexibility index (Phi) is 4.45. The van der Waals surface area contributed by atoms with Crippen LogP contribution in [0.5, 0.6) is 0 Å². The molecule has 1 unspecified atom stereocenters. The van der Waals surface area contributed by atoms with Gasteiger partial charge in [-0.3, -0.25) is 9.71 Å². The molecule has 1 aromatic carbocycles. The molecule has 1 heterocycles. The van der Waals surface area contributed by atoms with Gasteiger partial charge in [-0.05, 0) is 43.7 Å². The van der Waals surface area contributed by atoms with Crippen LogP contribution in [0.1, 0.15) is 11.3 Å². The van der Waals surface area contributed by atoms with Crippen molar-refractivity contribution in [3.05, 3.63) is 51.8 Å². The Morgan fingerprint density at radius 2 is 1.95 bits per heavy atom. The van der Waals surface area contributed by atoms with E-state index in [1.165, 1.54) is 0 Å². The monoisotopic (exact) mass is 314 g/mol. The summed E-state index contributed by atoms with van der Waals surface area (Å²) >= 11 is 11.8. The normalized spacial score (nSPS) is 12.2. The second-order valence-corrected chi connectivity index (χ2v) is 6.12. The Balaban J connectivity index is 2.25. The number of hydrogen-bond acceptors (Lipinski definition) is 2. The highest BCUT2D eigenvalue weighted by Gasteiger charge is 2.08. The molecule has 19 heavy (non-hydrogen) atoms. The first-order valence-electron chi connectivity index (χ1n) is 5.54. The first kappa shape index (κ1) is 14.3. The fourth-order valence-corrected chi connectivity index (χ4v) is 2.78. The van der Waals surface area contributed by atoms with Crippen LogP contribution in [-0.4, -0.2) is 9.19 Å². The fourth-order valence-electron chi connectivity index (χ4n) is 1.50. The molecule has 1 atom stereocenters. The summed E-state index contributed by atoms with van der Waals surface area (Å²) in [5.41, 5.74) is 2.28. The first-order valence-corrected chi connectivity index (χ1v) is 7.44. The number of nitrogens with zero attached hydrogens (tertiary/aromatic N) is 1. The van der Waals surface area contributed by atoms with Gasteiger partial charge >= 0.3 is 0 Å². The maximum Gasteiger partial charge on any atom is 0.150 e. The highest BCUT2D eigenvalue weighted by molar-refractivity contribution is 7.86. The Labute approximate surface area is 124 Å². The molecule has 2 aromatic rings. The van der Waals surface area contributed by atoms with Crippen molar-refractivity contribution in [2.24, 2.45) is 0 Å². The molecule has 0 bridgehead atoms. The van der Waals surface area contributed by atoms with Gasteiger partial charge in [-0.1, -0.05) is 23.2 Å². The van der Waals surface area contributed by atoms with E-state index in [4.69, 9.17) is 23.2 Å². The summed E-state index contributed by atoms with van der Waals surface area (Å²) in [4.78, 5) is 4.76. The fraction of sp³-hybridized carbons (Fsp3) is 0.154. The van der Waals surface area contributed by atoms with Crippen molar-refractivity contribution < 1.29 is 4.21 Å². The zero-order valence-corrected chi connectivity index (χ0v) is 12.7. The van der Waals surface area contributed by atoms with Crippen molar-refractivity contribution in [3.8, 4) is 0 Å². The number of rotatable bonds is 3. The molecule has 0 aliphatic rings. The maximum atomic E-state index is 12.2. The van der Waals surface area contributed by atoms with Crippen molar-refractivity contribution >= 4 is 39.9 Å². The molecule has 0 radical (unpaired) electrons. The zero-order valence-electron chi connectivity index (χ0n) is 10.4. The average molecular weight is 315 g/mol. The van der Waals surface area contributed by atoms with Gasteiger partial charge in [-0.2, -0.15) is 0 Å². The number of hydrogen-bond donors (Lipinski definition) is 1. The Hall–Kier alpha value is -1.10. The molecular formula is C13H12Cl2N2OS. The molecule has 0 saturated heterocycles. The van der Waals surface area contributed by atoms with E-state index in [2.05, 4.69) is 9.71 Å². The quantitative estimate of drug-likeness (QED) is 0.925. The van der Waals surface area contributed by atoms with Gasteiger partial charge < -0.3 is 0 Å². The van der Waals surface area contributed by atoms with Gasteiger partial charge in [0.05, 0.1) is 21.3 Å². The van der Waals surface area contributed by atoms with Gasteiger partial charge in [0.1, 0.15) is 11.0 Å². The lowest BCUT2D eigenvalue weighted by atomic mass is 10.2. The third-order valence-corrected chi connectivity index (χ3v) is 4.32. The Morgan fingerprint density at radius 1 is 1.21 bits per heavy atom. The molecule has 0 saturated carbocycles. The number of nitrogens with one attached hydrogen (secondary N) is 1. The van der Waals surface area contributed by atoms with E-state index in [1.54, 1.807) is 30.5 Å². The second kappa shape index (κ2) is 5.90. The van der Waals surface area contributed by atoms with Crippen molar-refractivity contribution in [1.82, 2.24) is 4.98 Å². The first-order chi connectivity index (χ1) is 8.97. The highest BCUT2D eigenvalue weighted by atomic mass is 35.5. The summed E-state index contributed by atoms with van der Waals surface area (Å²) in [6.07, 6.45) is 1.55. The maximum absolute atomic E-state index is 12.2. The summed E-state index contributed by atoms with van der Waals surface area (Å²) in [5.74, 6) is 0. The van der Waals surface area contributed by atoms with E-state index in [9.17, 15) is 4.21 Å². The van der Waals surface area contributed by atoms with Crippen LogP contribution < -0.4 is 4.72 Å². The number of aromatic nitrogens is 1. The summed E-state index contributed by atoms with van der Waals surface area (Å²) in [6, 6.07) is 6.95. The Bertz CT molecular complexity index is 647. The predicted octanol–water partition coefficient (Wildman–Crippen LogP) is 4.14. The van der Waals surface area contributed by atoms with Gasteiger partial charge in [0.2, 0.25) is 0 Å². The number of benzene rings is 1. The highest BCUT2D eigenvalue weighted by Crippen LogP contribution is 2.22. The minimum absolute atomic E-state index is 0.498. The molecule has 0 aliphatic heterocycles. The lowest BCUT2D eigenvalue weighted by molar-refractivity contribution is 0.686. The molecule has 2 rings (SSSR count). The third kappa shape index (κ3) is 3.47. The summed E-state index contributed by atoms with van der Waals surface area (Å²) in [5, 5.41) is 1.15. The minimum atomic E-state index is -1.38. The topological polar surface area (TPSA) is 42.0 Å². The molecule has 100 valence electrons. The van der Waals surface area contributed by atoms with E-state index in [1.807, 2.05) is 13.8 Å². The molecule has 1 aromatic heterocycles. The summed E-state index contributed by atoms with van der Waals surface area (Å²) in [6.45, 7) is 3.69. The molecular weight excluding hydrogens is 303 g/mol. The molecule has 0 spiro atoms. The van der Waals surface area contributed by atoms with E-state index in [0.29, 0.717) is 20.6 Å². The number of anilines is 1. The zero-order chi connectivity index (χ0) is 14.0. The van der Waals surface area contributed by atoms with Gasteiger partial charge in [-0.15, -0.1) is 0 Å². The molecule has 0 amide bonds. The van der Waals surface area contributed by atoms with Crippen LogP contribution in [0.3, 0.4) is 0 Å². The van der Waals surface area contributed by atoms with E-state index < -0.39 is 11.0 Å². The van der Waals surface area contributed by atoms with Crippen LogP contribution in [0.4, 0.5) is 5.69 Å². The lowest BCUT2D eigenvalue weighted by Gasteiger charge is -2.09. The number of pyridine rings is 1. The van der Waals surface area contributed by atoms with Crippen molar-refractivity contribution in [3.63, 3.8) is 0 Å². The van der Waals surface area contributed by atoms with Crippen molar-refractivity contribution in [2.45, 2.75) is 18.7 Å². The minimum Gasteiger partial charge on any atom is -0.299 e. The SMILES string of the molecule is Cc1cc(S(=O)Nc2cc(Cl)cnc2C)ccc1Cl.